The number of carboxylic acid groups (broad SMARTS) is 1. The summed E-state index contributed by atoms with van der Waals surface area (Å²) in [5, 5.41) is 8.67. The molecule has 11 heavy (non-hydrogen) atoms. The third-order valence-electron chi connectivity index (χ3n) is 1.85. The van der Waals surface area contributed by atoms with E-state index >= 15 is 0 Å². The molecule has 2 amide bonds. The number of amides is 2. The number of carbonyl (C=O) groups is 2. The number of ether oxygens (including phenoxy) is 1. The monoisotopic (exact) mass is 160 g/mol. The van der Waals surface area contributed by atoms with Crippen molar-refractivity contribution in [3.63, 3.8) is 0 Å². The zero-order chi connectivity index (χ0) is 8.32. The maximum absolute atomic E-state index is 10.6. The van der Waals surface area contributed by atoms with Crippen molar-refractivity contribution >= 4 is 12.5 Å². The Morgan fingerprint density at radius 3 is 2.27 bits per heavy atom. The number of rotatable bonds is 1. The van der Waals surface area contributed by atoms with Crippen molar-refractivity contribution in [1.82, 2.24) is 0 Å². The number of hydrogen-bond acceptors (Lipinski definition) is 3. The van der Waals surface area contributed by atoms with E-state index in [2.05, 4.69) is 0 Å². The van der Waals surface area contributed by atoms with Crippen LogP contribution in [0.2, 0.25) is 0 Å². The molecule has 62 valence electrons. The molecule has 1 rings (SSSR count). The fourth-order valence-electron chi connectivity index (χ4n) is 1.01. The molecule has 0 aromatic carbocycles. The van der Waals surface area contributed by atoms with Gasteiger partial charge in [-0.2, -0.15) is 9.28 Å². The van der Waals surface area contributed by atoms with Crippen molar-refractivity contribution in [2.45, 2.75) is 0 Å². The molecule has 0 radical (unpaired) electrons. The summed E-state index contributed by atoms with van der Waals surface area (Å²) in [7, 11) is 0. The summed E-state index contributed by atoms with van der Waals surface area (Å²) in [6.07, 6.45) is -0.631. The summed E-state index contributed by atoms with van der Waals surface area (Å²) in [6.45, 7) is 1.15. The predicted octanol–water partition coefficient (Wildman–Crippen LogP) is -0.332. The molecule has 0 spiro atoms. The van der Waals surface area contributed by atoms with Crippen molar-refractivity contribution in [2.24, 2.45) is 0 Å². The highest BCUT2D eigenvalue weighted by atomic mass is 16.5. The summed E-state index contributed by atoms with van der Waals surface area (Å²) in [6, 6.07) is 0. The molecule has 0 aromatic heterocycles. The molecular weight excluding hydrogens is 150 g/mol. The minimum atomic E-state index is -1.09. The quantitative estimate of drug-likeness (QED) is 0.421. The van der Waals surface area contributed by atoms with Gasteiger partial charge < -0.3 is 9.84 Å². The van der Waals surface area contributed by atoms with E-state index < -0.39 is 10.6 Å². The van der Waals surface area contributed by atoms with Gasteiger partial charge in [-0.3, -0.25) is 0 Å². The zero-order valence-corrected chi connectivity index (χ0v) is 6.02. The van der Waals surface area contributed by atoms with Crippen LogP contribution in [-0.4, -0.2) is 48.4 Å². The second-order valence-corrected chi connectivity index (χ2v) is 2.48. The van der Waals surface area contributed by atoms with E-state index in [9.17, 15) is 9.59 Å². The van der Waals surface area contributed by atoms with E-state index in [0.717, 1.165) is 0 Å². The van der Waals surface area contributed by atoms with Crippen LogP contribution in [0.15, 0.2) is 0 Å². The van der Waals surface area contributed by atoms with Crippen LogP contribution in [0.3, 0.4) is 0 Å². The highest BCUT2D eigenvalue weighted by molar-refractivity contribution is 5.66. The molecule has 0 atom stereocenters. The minimum absolute atomic E-state index is 0.235. The Kier molecular flexibility index (Phi) is 2.21. The van der Waals surface area contributed by atoms with Crippen molar-refractivity contribution < 1.29 is 23.9 Å². The van der Waals surface area contributed by atoms with Crippen molar-refractivity contribution in [1.29, 1.82) is 0 Å². The lowest BCUT2D eigenvalue weighted by molar-refractivity contribution is -0.782. The third-order valence-corrected chi connectivity index (χ3v) is 1.85. The van der Waals surface area contributed by atoms with E-state index in [1.807, 2.05) is 0 Å². The number of nitrogens with zero attached hydrogens (tertiary/aromatic N) is 1. The van der Waals surface area contributed by atoms with Gasteiger partial charge >= 0.3 is 12.5 Å². The molecule has 1 heterocycles. The lowest BCUT2D eigenvalue weighted by Crippen LogP contribution is -2.57. The van der Waals surface area contributed by atoms with Gasteiger partial charge in [0.1, 0.15) is 13.1 Å². The summed E-state index contributed by atoms with van der Waals surface area (Å²) in [5.41, 5.74) is 0. The largest absolute Gasteiger partial charge is 0.521 e. The molecule has 1 fully saturated rings. The minimum Gasteiger partial charge on any atom is -0.435 e. The van der Waals surface area contributed by atoms with Gasteiger partial charge in [-0.05, 0) is 0 Å². The van der Waals surface area contributed by atoms with Gasteiger partial charge in [0.2, 0.25) is 0 Å². The Morgan fingerprint density at radius 1 is 1.45 bits per heavy atom. The molecule has 0 bridgehead atoms. The predicted molar refractivity (Wildman–Crippen MR) is 34.9 cm³/mol. The second kappa shape index (κ2) is 2.98. The normalized spacial score (nSPS) is 22.5. The number of morpholine rings is 1. The van der Waals surface area contributed by atoms with Crippen molar-refractivity contribution in [2.75, 3.05) is 26.3 Å². The van der Waals surface area contributed by atoms with Crippen LogP contribution in [0.1, 0.15) is 0 Å². The van der Waals surface area contributed by atoms with Gasteiger partial charge in [-0.15, -0.1) is 0 Å². The van der Waals surface area contributed by atoms with Crippen LogP contribution in [0.4, 0.5) is 4.79 Å². The Labute approximate surface area is 63.8 Å². The van der Waals surface area contributed by atoms with Gasteiger partial charge in [-0.1, -0.05) is 0 Å². The lowest BCUT2D eigenvalue weighted by atomic mass is 10.4. The summed E-state index contributed by atoms with van der Waals surface area (Å²) >= 11 is 0. The molecule has 1 aliphatic rings. The first-order valence-electron chi connectivity index (χ1n) is 3.36. The summed E-state index contributed by atoms with van der Waals surface area (Å²) < 4.78 is 4.42. The van der Waals surface area contributed by atoms with Gasteiger partial charge in [0.25, 0.3) is 0 Å². The number of hydrogen-bond donors (Lipinski definition) is 1. The highest BCUT2D eigenvalue weighted by Crippen LogP contribution is 2.07. The SMILES string of the molecule is O=C[N+]1(C(=O)O)CCOCC1. The van der Waals surface area contributed by atoms with E-state index in [1.54, 1.807) is 0 Å². The summed E-state index contributed by atoms with van der Waals surface area (Å²) in [4.78, 5) is 21.1. The fourth-order valence-corrected chi connectivity index (χ4v) is 1.01. The molecule has 0 unspecified atom stereocenters. The Hall–Kier alpha value is -0.940. The van der Waals surface area contributed by atoms with Crippen molar-refractivity contribution in [3.8, 4) is 0 Å². The van der Waals surface area contributed by atoms with Crippen molar-refractivity contribution in [3.05, 3.63) is 0 Å². The van der Waals surface area contributed by atoms with Crippen LogP contribution in [0.5, 0.6) is 0 Å². The van der Waals surface area contributed by atoms with Gasteiger partial charge in [0, 0.05) is 0 Å². The average molecular weight is 160 g/mol. The van der Waals surface area contributed by atoms with Gasteiger partial charge in [0.15, 0.2) is 0 Å². The molecule has 5 nitrogen and oxygen atoms in total. The van der Waals surface area contributed by atoms with Crippen LogP contribution in [-0.2, 0) is 9.53 Å². The summed E-state index contributed by atoms with van der Waals surface area (Å²) in [5.74, 6) is 0. The highest BCUT2D eigenvalue weighted by Gasteiger charge is 2.38. The molecular formula is C6H10NO4+. The molecule has 0 aliphatic carbocycles. The number of carbonyl (C=O) groups excluding carboxylic acids is 1. The lowest BCUT2D eigenvalue weighted by Gasteiger charge is -2.28. The van der Waals surface area contributed by atoms with Crippen LogP contribution in [0.25, 0.3) is 0 Å². The molecule has 0 saturated carbocycles. The topological polar surface area (TPSA) is 63.6 Å². The first kappa shape index (κ1) is 8.16. The molecule has 0 aromatic rings. The second-order valence-electron chi connectivity index (χ2n) is 2.48. The smallest absolute Gasteiger partial charge is 0.435 e. The van der Waals surface area contributed by atoms with Crippen LogP contribution < -0.4 is 0 Å². The fraction of sp³-hybridized carbons (Fsp3) is 0.667. The van der Waals surface area contributed by atoms with Crippen LogP contribution in [0, 0.1) is 0 Å². The Morgan fingerprint density at radius 2 is 2.00 bits per heavy atom. The van der Waals surface area contributed by atoms with E-state index in [-0.39, 0.29) is 13.1 Å². The molecule has 1 N–H and O–H groups in total. The zero-order valence-electron chi connectivity index (χ0n) is 6.02. The third kappa shape index (κ3) is 1.38. The standard InChI is InChI=1S/C6H9NO4/c8-5-7(6(9)10)1-3-11-4-2-7/h5H,1-4H2/p+1. The van der Waals surface area contributed by atoms with E-state index in [4.69, 9.17) is 9.84 Å². The first-order chi connectivity index (χ1) is 5.21. The first-order valence-corrected chi connectivity index (χ1v) is 3.36. The molecule has 1 saturated heterocycles. The maximum Gasteiger partial charge on any atom is 0.521 e. The van der Waals surface area contributed by atoms with E-state index in [1.165, 1.54) is 0 Å². The maximum atomic E-state index is 10.6. The Balaban J connectivity index is 2.72. The van der Waals surface area contributed by atoms with E-state index in [0.29, 0.717) is 19.6 Å². The van der Waals surface area contributed by atoms with Gasteiger partial charge in [-0.25, -0.2) is 4.79 Å². The number of quaternary nitrogens is 1. The Bertz CT molecular complexity index is 173. The average Bonchev–Trinajstić information content (AvgIpc) is 2.05. The van der Waals surface area contributed by atoms with Gasteiger partial charge in [0.05, 0.1) is 13.2 Å². The molecule has 5 heteroatoms. The van der Waals surface area contributed by atoms with Crippen LogP contribution >= 0.6 is 0 Å². The molecule has 1 aliphatic heterocycles. The number of imide groups is 1.